The predicted octanol–water partition coefficient (Wildman–Crippen LogP) is 0.256. The van der Waals surface area contributed by atoms with Gasteiger partial charge in [-0.3, -0.25) is 34.2 Å². The molecule has 2 saturated heterocycles. The van der Waals surface area contributed by atoms with E-state index in [2.05, 4.69) is 5.32 Å². The van der Waals surface area contributed by atoms with E-state index in [1.165, 1.54) is 0 Å². The van der Waals surface area contributed by atoms with Crippen LogP contribution in [0.2, 0.25) is 0 Å². The first-order valence-electron chi connectivity index (χ1n) is 11.5. The number of unbranched alkanes of at least 4 members (excludes halogenated alkanes) is 2. The van der Waals surface area contributed by atoms with Crippen LogP contribution in [-0.2, 0) is 14.4 Å². The SMILES string of the molecule is NCCCCCC(=O)N1CCN(c2cccc3c2C(=O)N(C2CCC(=O)NC2=O)C3=O)CC1. The summed E-state index contributed by atoms with van der Waals surface area (Å²) < 4.78 is 0. The molecular weight excluding hydrogens is 426 g/mol. The lowest BCUT2D eigenvalue weighted by molar-refractivity contribution is -0.136. The smallest absolute Gasteiger partial charge is 0.264 e. The number of hydrogen-bond donors (Lipinski definition) is 2. The van der Waals surface area contributed by atoms with Gasteiger partial charge in [0.2, 0.25) is 17.7 Å². The summed E-state index contributed by atoms with van der Waals surface area (Å²) >= 11 is 0. The highest BCUT2D eigenvalue weighted by Crippen LogP contribution is 2.34. The van der Waals surface area contributed by atoms with Gasteiger partial charge in [-0.15, -0.1) is 0 Å². The number of carbonyl (C=O) groups is 5. The number of amides is 5. The van der Waals surface area contributed by atoms with Crippen LogP contribution in [0, 0.1) is 0 Å². The molecule has 1 unspecified atom stereocenters. The molecule has 5 amide bonds. The van der Waals surface area contributed by atoms with E-state index in [4.69, 9.17) is 5.73 Å². The number of carbonyl (C=O) groups excluding carboxylic acids is 5. The second kappa shape index (κ2) is 9.70. The molecule has 0 spiro atoms. The molecule has 0 aromatic heterocycles. The first-order valence-corrected chi connectivity index (χ1v) is 11.5. The molecule has 3 aliphatic heterocycles. The van der Waals surface area contributed by atoms with E-state index in [-0.39, 0.29) is 29.9 Å². The van der Waals surface area contributed by atoms with Gasteiger partial charge < -0.3 is 15.5 Å². The molecule has 10 heteroatoms. The van der Waals surface area contributed by atoms with Gasteiger partial charge in [-0.05, 0) is 37.9 Å². The minimum atomic E-state index is -0.989. The van der Waals surface area contributed by atoms with Crippen molar-refractivity contribution in [2.75, 3.05) is 37.6 Å². The number of benzene rings is 1. The van der Waals surface area contributed by atoms with Crippen molar-refractivity contribution in [3.63, 3.8) is 0 Å². The molecule has 176 valence electrons. The van der Waals surface area contributed by atoms with Gasteiger partial charge >= 0.3 is 0 Å². The summed E-state index contributed by atoms with van der Waals surface area (Å²) in [5, 5.41) is 2.21. The molecule has 1 aromatic rings. The maximum absolute atomic E-state index is 13.3. The zero-order valence-corrected chi connectivity index (χ0v) is 18.5. The highest BCUT2D eigenvalue weighted by atomic mass is 16.2. The van der Waals surface area contributed by atoms with Crippen LogP contribution in [0.4, 0.5) is 5.69 Å². The molecule has 33 heavy (non-hydrogen) atoms. The third kappa shape index (κ3) is 4.47. The molecule has 3 aliphatic rings. The Labute approximate surface area is 192 Å². The van der Waals surface area contributed by atoms with Crippen molar-refractivity contribution in [2.45, 2.75) is 44.6 Å². The largest absolute Gasteiger partial charge is 0.367 e. The Morgan fingerprint density at radius 1 is 1.00 bits per heavy atom. The fourth-order valence-corrected chi connectivity index (χ4v) is 4.71. The molecule has 1 aromatic carbocycles. The Balaban J connectivity index is 1.45. The van der Waals surface area contributed by atoms with Crippen molar-refractivity contribution in [1.29, 1.82) is 0 Å². The van der Waals surface area contributed by atoms with Crippen molar-refractivity contribution in [3.05, 3.63) is 29.3 Å². The quantitative estimate of drug-likeness (QED) is 0.445. The van der Waals surface area contributed by atoms with E-state index in [9.17, 15) is 24.0 Å². The standard InChI is InChI=1S/C23H29N5O5/c24-10-3-1-2-7-19(30)27-13-11-26(12-14-27)16-6-4-5-15-20(16)23(33)28(22(15)32)17-8-9-18(29)25-21(17)31/h4-6,17H,1-3,7-14,24H2,(H,25,29,31). The van der Waals surface area contributed by atoms with E-state index in [0.29, 0.717) is 44.8 Å². The average Bonchev–Trinajstić information content (AvgIpc) is 3.07. The van der Waals surface area contributed by atoms with Gasteiger partial charge in [-0.25, -0.2) is 0 Å². The molecule has 10 nitrogen and oxygen atoms in total. The lowest BCUT2D eigenvalue weighted by Gasteiger charge is -2.37. The third-order valence-electron chi connectivity index (χ3n) is 6.51. The summed E-state index contributed by atoms with van der Waals surface area (Å²) in [6.45, 7) is 2.81. The van der Waals surface area contributed by atoms with Gasteiger partial charge in [0.25, 0.3) is 11.8 Å². The molecule has 0 bridgehead atoms. The van der Waals surface area contributed by atoms with Crippen LogP contribution >= 0.6 is 0 Å². The Kier molecular flexibility index (Phi) is 6.73. The maximum Gasteiger partial charge on any atom is 0.264 e. The van der Waals surface area contributed by atoms with Crippen molar-refractivity contribution in [1.82, 2.24) is 15.1 Å². The Morgan fingerprint density at radius 2 is 1.76 bits per heavy atom. The number of nitrogens with one attached hydrogen (secondary N) is 1. The number of piperazine rings is 1. The molecule has 3 N–H and O–H groups in total. The minimum absolute atomic E-state index is 0.0822. The number of nitrogens with two attached hydrogens (primary N) is 1. The topological polar surface area (TPSA) is 133 Å². The molecular formula is C23H29N5O5. The first-order chi connectivity index (χ1) is 15.9. The van der Waals surface area contributed by atoms with Gasteiger partial charge in [0.15, 0.2) is 0 Å². The Bertz CT molecular complexity index is 985. The zero-order valence-electron chi connectivity index (χ0n) is 18.5. The summed E-state index contributed by atoms with van der Waals surface area (Å²) in [6.07, 6.45) is 3.40. The summed E-state index contributed by atoms with van der Waals surface area (Å²) in [6, 6.07) is 4.12. The molecule has 1 atom stereocenters. The highest BCUT2D eigenvalue weighted by molar-refractivity contribution is 6.25. The number of rotatable bonds is 7. The lowest BCUT2D eigenvalue weighted by Crippen LogP contribution is -2.54. The zero-order chi connectivity index (χ0) is 23.5. The number of nitrogens with zero attached hydrogens (tertiary/aromatic N) is 3. The number of hydrogen-bond acceptors (Lipinski definition) is 7. The van der Waals surface area contributed by atoms with E-state index in [0.717, 1.165) is 24.2 Å². The molecule has 4 rings (SSSR count). The van der Waals surface area contributed by atoms with Crippen molar-refractivity contribution in [3.8, 4) is 0 Å². The van der Waals surface area contributed by atoms with E-state index < -0.39 is 29.7 Å². The molecule has 2 fully saturated rings. The second-order valence-corrected chi connectivity index (χ2v) is 8.61. The Hall–Kier alpha value is -3.27. The molecule has 0 saturated carbocycles. The second-order valence-electron chi connectivity index (χ2n) is 8.61. The number of imide groups is 2. The van der Waals surface area contributed by atoms with Crippen LogP contribution in [0.5, 0.6) is 0 Å². The van der Waals surface area contributed by atoms with Crippen molar-refractivity contribution in [2.24, 2.45) is 5.73 Å². The van der Waals surface area contributed by atoms with Gasteiger partial charge in [0.05, 0.1) is 16.8 Å². The van der Waals surface area contributed by atoms with Gasteiger partial charge in [-0.1, -0.05) is 12.5 Å². The number of fused-ring (bicyclic) bond motifs is 1. The first kappa shape index (κ1) is 22.9. The normalized spacial score (nSPS) is 20.9. The lowest BCUT2D eigenvalue weighted by atomic mass is 10.0. The number of piperidine rings is 1. The van der Waals surface area contributed by atoms with Gasteiger partial charge in [-0.2, -0.15) is 0 Å². The van der Waals surface area contributed by atoms with Crippen molar-refractivity contribution < 1.29 is 24.0 Å². The summed E-state index contributed by atoms with van der Waals surface area (Å²) in [4.78, 5) is 67.4. The van der Waals surface area contributed by atoms with E-state index >= 15 is 0 Å². The molecule has 0 aliphatic carbocycles. The van der Waals surface area contributed by atoms with Gasteiger partial charge in [0, 0.05) is 39.0 Å². The van der Waals surface area contributed by atoms with Crippen LogP contribution in [0.15, 0.2) is 18.2 Å². The van der Waals surface area contributed by atoms with Crippen LogP contribution in [0.1, 0.15) is 59.2 Å². The summed E-state index contributed by atoms with van der Waals surface area (Å²) in [5.41, 5.74) is 6.68. The fraction of sp³-hybridized carbons (Fsp3) is 0.522. The van der Waals surface area contributed by atoms with Crippen LogP contribution in [-0.4, -0.2) is 78.1 Å². The van der Waals surface area contributed by atoms with Crippen LogP contribution in [0.25, 0.3) is 0 Å². The van der Waals surface area contributed by atoms with E-state index in [1.54, 1.807) is 18.2 Å². The highest BCUT2D eigenvalue weighted by Gasteiger charge is 2.46. The van der Waals surface area contributed by atoms with Crippen LogP contribution in [0.3, 0.4) is 0 Å². The maximum atomic E-state index is 13.3. The van der Waals surface area contributed by atoms with Crippen LogP contribution < -0.4 is 16.0 Å². The average molecular weight is 456 g/mol. The van der Waals surface area contributed by atoms with Crippen molar-refractivity contribution >= 4 is 35.2 Å². The Morgan fingerprint density at radius 3 is 2.45 bits per heavy atom. The number of anilines is 1. The monoisotopic (exact) mass is 455 g/mol. The summed E-state index contributed by atoms with van der Waals surface area (Å²) in [5.74, 6) is -1.93. The van der Waals surface area contributed by atoms with Gasteiger partial charge in [0.1, 0.15) is 6.04 Å². The fourth-order valence-electron chi connectivity index (χ4n) is 4.71. The minimum Gasteiger partial charge on any atom is -0.367 e. The summed E-state index contributed by atoms with van der Waals surface area (Å²) in [7, 11) is 0. The third-order valence-corrected chi connectivity index (χ3v) is 6.51. The molecule has 0 radical (unpaired) electrons. The molecule has 3 heterocycles. The predicted molar refractivity (Wildman–Crippen MR) is 119 cm³/mol. The van der Waals surface area contributed by atoms with E-state index in [1.807, 2.05) is 9.80 Å².